The minimum atomic E-state index is 0.620. The van der Waals surface area contributed by atoms with Crippen LogP contribution in [0.4, 0.5) is 4.39 Å². The van der Waals surface area contributed by atoms with Gasteiger partial charge in [-0.2, -0.15) is 0 Å². The number of benzene rings is 2. The summed E-state index contributed by atoms with van der Waals surface area (Å²) in [6, 6.07) is 17.4. The number of hydrogen-bond donors (Lipinski definition) is 0. The zero-order valence-electron chi connectivity index (χ0n) is 12.7. The summed E-state index contributed by atoms with van der Waals surface area (Å²) in [7, 11) is 0. The number of unbranched alkanes of at least 4 members (excludes halogenated alkanes) is 1. The lowest BCUT2D eigenvalue weighted by atomic mass is 10.00. The van der Waals surface area contributed by atoms with Crippen LogP contribution in [0.25, 0.3) is 11.1 Å². The van der Waals surface area contributed by atoms with Crippen LogP contribution in [0.5, 0.6) is 0 Å². The molecule has 0 spiro atoms. The first-order valence-electron chi connectivity index (χ1n) is 7.77. The van der Waals surface area contributed by atoms with Crippen molar-refractivity contribution in [2.45, 2.75) is 39.0 Å². The number of aryl methyl sites for hydroxylation is 2. The second kappa shape index (κ2) is 8.41. The maximum Gasteiger partial charge on any atom is 0.0827 e. The second-order valence-corrected chi connectivity index (χ2v) is 5.40. The van der Waals surface area contributed by atoms with Crippen LogP contribution in [-0.4, -0.2) is 0 Å². The van der Waals surface area contributed by atoms with E-state index in [1.54, 1.807) is 6.08 Å². The van der Waals surface area contributed by atoms with E-state index in [0.29, 0.717) is 6.33 Å². The number of hydrogen-bond acceptors (Lipinski definition) is 0. The molecular weight excluding hydrogens is 259 g/mol. The summed E-state index contributed by atoms with van der Waals surface area (Å²) < 4.78 is 11.9. The normalized spacial score (nSPS) is 11.1. The molecular formula is C20H23F. The number of rotatable bonds is 7. The maximum absolute atomic E-state index is 11.9. The van der Waals surface area contributed by atoms with Gasteiger partial charge in [0.25, 0.3) is 0 Å². The lowest BCUT2D eigenvalue weighted by Crippen LogP contribution is -1.86. The molecule has 0 nitrogen and oxygen atoms in total. The van der Waals surface area contributed by atoms with Crippen LogP contribution in [-0.2, 0) is 12.8 Å². The van der Waals surface area contributed by atoms with Crippen molar-refractivity contribution in [3.8, 4) is 11.1 Å². The van der Waals surface area contributed by atoms with Gasteiger partial charge in [-0.1, -0.05) is 68.0 Å². The lowest BCUT2D eigenvalue weighted by Gasteiger charge is -2.06. The fourth-order valence-electron chi connectivity index (χ4n) is 2.42. The second-order valence-electron chi connectivity index (χ2n) is 5.40. The van der Waals surface area contributed by atoms with Crippen molar-refractivity contribution < 1.29 is 4.39 Å². The molecule has 0 unspecified atom stereocenters. The van der Waals surface area contributed by atoms with Gasteiger partial charge in [-0.3, -0.25) is 0 Å². The zero-order valence-corrected chi connectivity index (χ0v) is 12.7. The van der Waals surface area contributed by atoms with E-state index in [1.807, 2.05) is 0 Å². The zero-order chi connectivity index (χ0) is 14.9. The molecule has 0 bridgehead atoms. The molecule has 0 amide bonds. The van der Waals surface area contributed by atoms with Crippen LogP contribution in [0.1, 0.15) is 37.3 Å². The third-order valence-corrected chi connectivity index (χ3v) is 3.75. The van der Waals surface area contributed by atoms with Crippen LogP contribution in [0.2, 0.25) is 0 Å². The Morgan fingerprint density at radius 2 is 1.33 bits per heavy atom. The Morgan fingerprint density at radius 3 is 1.81 bits per heavy atom. The Bertz CT molecular complexity index is 549. The van der Waals surface area contributed by atoms with Crippen molar-refractivity contribution in [1.29, 1.82) is 0 Å². The summed E-state index contributed by atoms with van der Waals surface area (Å²) in [5, 5.41) is 0. The van der Waals surface area contributed by atoms with Gasteiger partial charge in [-0.25, -0.2) is 4.39 Å². The van der Waals surface area contributed by atoms with Crippen molar-refractivity contribution in [2.75, 3.05) is 0 Å². The van der Waals surface area contributed by atoms with Gasteiger partial charge in [0.2, 0.25) is 0 Å². The Morgan fingerprint density at radius 1 is 0.810 bits per heavy atom. The van der Waals surface area contributed by atoms with E-state index in [2.05, 4.69) is 55.5 Å². The topological polar surface area (TPSA) is 0 Å². The molecule has 0 saturated heterocycles. The highest BCUT2D eigenvalue weighted by molar-refractivity contribution is 5.63. The van der Waals surface area contributed by atoms with E-state index in [-0.39, 0.29) is 0 Å². The van der Waals surface area contributed by atoms with Gasteiger partial charge >= 0.3 is 0 Å². The average molecular weight is 282 g/mol. The molecule has 0 atom stereocenters. The molecule has 0 saturated carbocycles. The van der Waals surface area contributed by atoms with Gasteiger partial charge in [-0.15, -0.1) is 0 Å². The first-order chi connectivity index (χ1) is 10.3. The van der Waals surface area contributed by atoms with E-state index in [1.165, 1.54) is 35.1 Å². The van der Waals surface area contributed by atoms with Gasteiger partial charge in [0, 0.05) is 0 Å². The quantitative estimate of drug-likeness (QED) is 0.574. The highest BCUT2D eigenvalue weighted by atomic mass is 19.1. The number of allylic oxidation sites excluding steroid dienone is 1. The smallest absolute Gasteiger partial charge is 0.0827 e. The fourth-order valence-corrected chi connectivity index (χ4v) is 2.42. The minimum Gasteiger partial charge on any atom is -0.216 e. The van der Waals surface area contributed by atoms with E-state index in [4.69, 9.17) is 0 Å². The van der Waals surface area contributed by atoms with E-state index < -0.39 is 0 Å². The predicted molar refractivity (Wildman–Crippen MR) is 89.1 cm³/mol. The number of halogens is 1. The monoisotopic (exact) mass is 282 g/mol. The maximum atomic E-state index is 11.9. The molecule has 0 aliphatic rings. The van der Waals surface area contributed by atoms with Gasteiger partial charge in [-0.05, 0) is 47.9 Å². The third-order valence-electron chi connectivity index (χ3n) is 3.75. The molecule has 2 aromatic rings. The van der Waals surface area contributed by atoms with Crippen molar-refractivity contribution >= 4 is 0 Å². The van der Waals surface area contributed by atoms with Gasteiger partial charge in [0.15, 0.2) is 0 Å². The fraction of sp³-hybridized carbons (Fsp3) is 0.300. The predicted octanol–water partition coefficient (Wildman–Crippen LogP) is 6.11. The molecule has 110 valence electrons. The molecule has 0 aromatic heterocycles. The Hall–Kier alpha value is -1.89. The van der Waals surface area contributed by atoms with Crippen LogP contribution < -0.4 is 0 Å². The van der Waals surface area contributed by atoms with E-state index >= 15 is 0 Å². The summed E-state index contributed by atoms with van der Waals surface area (Å²) in [4.78, 5) is 0. The highest BCUT2D eigenvalue weighted by Crippen LogP contribution is 2.21. The molecule has 2 aromatic carbocycles. The van der Waals surface area contributed by atoms with E-state index in [0.717, 1.165) is 19.3 Å². The molecule has 0 radical (unpaired) electrons. The molecule has 0 N–H and O–H groups in total. The summed E-state index contributed by atoms with van der Waals surface area (Å²) in [6.07, 6.45) is 7.47. The molecule has 0 heterocycles. The lowest BCUT2D eigenvalue weighted by molar-refractivity contribution is 0.713. The first-order valence-corrected chi connectivity index (χ1v) is 7.77. The first kappa shape index (κ1) is 15.5. The molecule has 0 fully saturated rings. The third kappa shape index (κ3) is 4.86. The molecule has 2 rings (SSSR count). The van der Waals surface area contributed by atoms with E-state index in [9.17, 15) is 4.39 Å². The highest BCUT2D eigenvalue weighted by Gasteiger charge is 1.99. The van der Waals surface area contributed by atoms with Crippen LogP contribution in [0, 0.1) is 0 Å². The standard InChI is InChI=1S/C20H23F/c1-2-3-6-17-8-12-19(13-9-17)20-14-10-18(11-15-20)7-4-5-16-21/h5,8-16H,2-4,6-7H2,1H3/b16-5+. The Labute approximate surface area is 127 Å². The largest absolute Gasteiger partial charge is 0.216 e. The van der Waals surface area contributed by atoms with Gasteiger partial charge in [0.1, 0.15) is 0 Å². The molecule has 21 heavy (non-hydrogen) atoms. The van der Waals surface area contributed by atoms with Crippen molar-refractivity contribution in [1.82, 2.24) is 0 Å². The van der Waals surface area contributed by atoms with Crippen molar-refractivity contribution in [3.63, 3.8) is 0 Å². The molecule has 1 heteroatoms. The SMILES string of the molecule is CCCCc1ccc(-c2ccc(CC/C=C/F)cc2)cc1. The summed E-state index contributed by atoms with van der Waals surface area (Å²) in [5.41, 5.74) is 5.15. The van der Waals surface area contributed by atoms with Gasteiger partial charge < -0.3 is 0 Å². The molecule has 0 aliphatic heterocycles. The van der Waals surface area contributed by atoms with Crippen LogP contribution >= 0.6 is 0 Å². The summed E-state index contributed by atoms with van der Waals surface area (Å²) in [5.74, 6) is 0. The van der Waals surface area contributed by atoms with Crippen LogP contribution in [0.15, 0.2) is 60.9 Å². The Kier molecular flexibility index (Phi) is 6.21. The summed E-state index contributed by atoms with van der Waals surface area (Å²) in [6.45, 7) is 2.22. The minimum absolute atomic E-state index is 0.620. The summed E-state index contributed by atoms with van der Waals surface area (Å²) >= 11 is 0. The Balaban J connectivity index is 2.01. The van der Waals surface area contributed by atoms with Gasteiger partial charge in [0.05, 0.1) is 6.33 Å². The average Bonchev–Trinajstić information content (AvgIpc) is 2.54. The van der Waals surface area contributed by atoms with Crippen molar-refractivity contribution in [2.24, 2.45) is 0 Å². The van der Waals surface area contributed by atoms with Crippen LogP contribution in [0.3, 0.4) is 0 Å². The van der Waals surface area contributed by atoms with Crippen molar-refractivity contribution in [3.05, 3.63) is 72.1 Å². The molecule has 0 aliphatic carbocycles.